The fourth-order valence-corrected chi connectivity index (χ4v) is 3.79. The molecule has 0 radical (unpaired) electrons. The maximum Gasteiger partial charge on any atom is 0.226 e. The highest BCUT2D eigenvalue weighted by Gasteiger charge is 2.46. The van der Waals surface area contributed by atoms with E-state index >= 15 is 0 Å². The molecule has 3 heteroatoms. The van der Waals surface area contributed by atoms with E-state index in [0.29, 0.717) is 17.9 Å². The molecule has 1 amide bonds. The number of rotatable bonds is 4. The molecular formula is C21H24N2O. The average Bonchev–Trinajstić information content (AvgIpc) is 3.44. The van der Waals surface area contributed by atoms with Crippen LogP contribution in [0.25, 0.3) is 0 Å². The summed E-state index contributed by atoms with van der Waals surface area (Å²) < 4.78 is 0. The molecule has 1 aliphatic carbocycles. The Morgan fingerprint density at radius 1 is 0.917 bits per heavy atom. The van der Waals surface area contributed by atoms with Crippen LogP contribution in [0.5, 0.6) is 0 Å². The van der Waals surface area contributed by atoms with E-state index in [1.165, 1.54) is 11.3 Å². The fraction of sp³-hybridized carbons (Fsp3) is 0.381. The van der Waals surface area contributed by atoms with Crippen molar-refractivity contribution in [1.82, 2.24) is 4.90 Å². The Morgan fingerprint density at radius 2 is 1.54 bits per heavy atom. The number of carbonyl (C=O) groups excluding carboxylic acids is 1. The first-order valence-corrected chi connectivity index (χ1v) is 8.96. The lowest BCUT2D eigenvalue weighted by molar-refractivity contribution is -0.133. The molecule has 4 rings (SSSR count). The van der Waals surface area contributed by atoms with E-state index in [1.54, 1.807) is 0 Å². The number of para-hydroxylation sites is 1. The summed E-state index contributed by atoms with van der Waals surface area (Å²) in [4.78, 5) is 14.8. The molecule has 2 aromatic carbocycles. The van der Waals surface area contributed by atoms with Gasteiger partial charge in [-0.1, -0.05) is 48.5 Å². The summed E-state index contributed by atoms with van der Waals surface area (Å²) in [5.41, 5.74) is 2.49. The number of benzene rings is 2. The molecule has 3 nitrogen and oxygen atoms in total. The zero-order valence-corrected chi connectivity index (χ0v) is 13.9. The van der Waals surface area contributed by atoms with Gasteiger partial charge in [-0.2, -0.15) is 0 Å². The quantitative estimate of drug-likeness (QED) is 0.927. The lowest BCUT2D eigenvalue weighted by atomic mass is 10.0. The van der Waals surface area contributed by atoms with Gasteiger partial charge in [0.25, 0.3) is 0 Å². The van der Waals surface area contributed by atoms with Gasteiger partial charge in [0.15, 0.2) is 0 Å². The number of piperidine rings is 1. The van der Waals surface area contributed by atoms with E-state index in [9.17, 15) is 4.79 Å². The normalized spacial score (nSPS) is 23.8. The summed E-state index contributed by atoms with van der Waals surface area (Å²) in [7, 11) is 0. The molecule has 0 bridgehead atoms. The highest BCUT2D eigenvalue weighted by Crippen LogP contribution is 2.48. The Morgan fingerprint density at radius 3 is 2.21 bits per heavy atom. The molecular weight excluding hydrogens is 296 g/mol. The minimum Gasteiger partial charge on any atom is -0.382 e. The zero-order valence-electron chi connectivity index (χ0n) is 13.9. The molecule has 1 aliphatic heterocycles. The van der Waals surface area contributed by atoms with Gasteiger partial charge in [-0.3, -0.25) is 4.79 Å². The van der Waals surface area contributed by atoms with Crippen LogP contribution >= 0.6 is 0 Å². The van der Waals surface area contributed by atoms with Crippen molar-refractivity contribution in [2.45, 2.75) is 31.2 Å². The first-order chi connectivity index (χ1) is 11.8. The highest BCUT2D eigenvalue weighted by atomic mass is 16.2. The largest absolute Gasteiger partial charge is 0.382 e. The molecule has 1 N–H and O–H groups in total. The van der Waals surface area contributed by atoms with Gasteiger partial charge in [0.1, 0.15) is 0 Å². The van der Waals surface area contributed by atoms with E-state index in [2.05, 4.69) is 58.7 Å². The monoisotopic (exact) mass is 320 g/mol. The lowest BCUT2D eigenvalue weighted by Gasteiger charge is -2.33. The molecule has 124 valence electrons. The molecule has 2 atom stereocenters. The maximum atomic E-state index is 12.7. The van der Waals surface area contributed by atoms with Crippen LogP contribution in [0.15, 0.2) is 60.7 Å². The number of hydrogen-bond acceptors (Lipinski definition) is 2. The molecule has 2 fully saturated rings. The van der Waals surface area contributed by atoms with Crippen molar-refractivity contribution in [1.29, 1.82) is 0 Å². The van der Waals surface area contributed by atoms with E-state index in [0.717, 1.165) is 32.4 Å². The molecule has 1 heterocycles. The van der Waals surface area contributed by atoms with E-state index in [-0.39, 0.29) is 5.92 Å². The van der Waals surface area contributed by atoms with Crippen molar-refractivity contribution in [3.63, 3.8) is 0 Å². The molecule has 0 spiro atoms. The Hall–Kier alpha value is -2.29. The van der Waals surface area contributed by atoms with Crippen LogP contribution in [0, 0.1) is 5.92 Å². The summed E-state index contributed by atoms with van der Waals surface area (Å²) in [5.74, 6) is 1.02. The summed E-state index contributed by atoms with van der Waals surface area (Å²) in [6, 6.07) is 21.3. The maximum absolute atomic E-state index is 12.7. The summed E-state index contributed by atoms with van der Waals surface area (Å²) >= 11 is 0. The smallest absolute Gasteiger partial charge is 0.226 e. The van der Waals surface area contributed by atoms with Crippen molar-refractivity contribution in [3.05, 3.63) is 66.2 Å². The molecule has 1 saturated heterocycles. The van der Waals surface area contributed by atoms with Crippen LogP contribution in [-0.2, 0) is 4.79 Å². The number of carbonyl (C=O) groups is 1. The van der Waals surface area contributed by atoms with Crippen LogP contribution in [0.3, 0.4) is 0 Å². The third kappa shape index (κ3) is 3.30. The highest BCUT2D eigenvalue weighted by molar-refractivity contribution is 5.83. The van der Waals surface area contributed by atoms with E-state index in [1.807, 2.05) is 12.1 Å². The molecule has 2 aliphatic rings. The SMILES string of the molecule is O=C([C@H]1C[C@@H]1c1ccccc1)N1CCC(Nc2ccccc2)CC1. The summed E-state index contributed by atoms with van der Waals surface area (Å²) in [5, 5.41) is 3.58. The van der Waals surface area contributed by atoms with Gasteiger partial charge in [-0.15, -0.1) is 0 Å². The number of nitrogens with zero attached hydrogens (tertiary/aromatic N) is 1. The molecule has 0 unspecified atom stereocenters. The first-order valence-electron chi connectivity index (χ1n) is 8.96. The van der Waals surface area contributed by atoms with Crippen LogP contribution in [0.2, 0.25) is 0 Å². The van der Waals surface area contributed by atoms with Crippen molar-refractivity contribution >= 4 is 11.6 Å². The fourth-order valence-electron chi connectivity index (χ4n) is 3.79. The Bertz CT molecular complexity index is 677. The van der Waals surface area contributed by atoms with Crippen molar-refractivity contribution in [3.8, 4) is 0 Å². The van der Waals surface area contributed by atoms with Gasteiger partial charge in [-0.05, 0) is 42.9 Å². The predicted octanol–water partition coefficient (Wildman–Crippen LogP) is 3.89. The van der Waals surface area contributed by atoms with Gasteiger partial charge in [0, 0.05) is 30.7 Å². The zero-order chi connectivity index (χ0) is 16.4. The Kier molecular flexibility index (Phi) is 4.24. The third-order valence-corrected chi connectivity index (χ3v) is 5.29. The van der Waals surface area contributed by atoms with Gasteiger partial charge >= 0.3 is 0 Å². The van der Waals surface area contributed by atoms with E-state index in [4.69, 9.17) is 0 Å². The minimum absolute atomic E-state index is 0.214. The third-order valence-electron chi connectivity index (χ3n) is 5.29. The number of anilines is 1. The molecule has 24 heavy (non-hydrogen) atoms. The van der Waals surface area contributed by atoms with Crippen LogP contribution in [-0.4, -0.2) is 29.9 Å². The summed E-state index contributed by atoms with van der Waals surface area (Å²) in [6.07, 6.45) is 3.08. The second-order valence-electron chi connectivity index (χ2n) is 6.97. The number of amides is 1. The second kappa shape index (κ2) is 6.68. The molecule has 2 aromatic rings. The standard InChI is InChI=1S/C21H24N2O/c24-21(20-15-19(20)16-7-3-1-4-8-16)23-13-11-18(12-14-23)22-17-9-5-2-6-10-17/h1-10,18-20,22H,11-15H2/t19-,20+/m1/s1. The molecule has 0 aromatic heterocycles. The number of hydrogen-bond donors (Lipinski definition) is 1. The van der Waals surface area contributed by atoms with Crippen molar-refractivity contribution in [2.75, 3.05) is 18.4 Å². The Balaban J connectivity index is 1.28. The minimum atomic E-state index is 0.214. The average molecular weight is 320 g/mol. The van der Waals surface area contributed by atoms with Gasteiger partial charge in [-0.25, -0.2) is 0 Å². The van der Waals surface area contributed by atoms with Crippen LogP contribution in [0.1, 0.15) is 30.7 Å². The Labute approximate surface area is 143 Å². The second-order valence-corrected chi connectivity index (χ2v) is 6.97. The predicted molar refractivity (Wildman–Crippen MR) is 97.0 cm³/mol. The van der Waals surface area contributed by atoms with Crippen molar-refractivity contribution < 1.29 is 4.79 Å². The van der Waals surface area contributed by atoms with Gasteiger partial charge < -0.3 is 10.2 Å². The summed E-state index contributed by atoms with van der Waals surface area (Å²) in [6.45, 7) is 1.75. The number of likely N-dealkylation sites (tertiary alicyclic amines) is 1. The van der Waals surface area contributed by atoms with E-state index < -0.39 is 0 Å². The molecule has 1 saturated carbocycles. The van der Waals surface area contributed by atoms with Gasteiger partial charge in [0.2, 0.25) is 5.91 Å². The first kappa shape index (κ1) is 15.3. The van der Waals surface area contributed by atoms with Crippen LogP contribution < -0.4 is 5.32 Å². The van der Waals surface area contributed by atoms with Crippen LogP contribution in [0.4, 0.5) is 5.69 Å². The van der Waals surface area contributed by atoms with Gasteiger partial charge in [0.05, 0.1) is 0 Å². The topological polar surface area (TPSA) is 32.3 Å². The number of nitrogens with one attached hydrogen (secondary N) is 1. The van der Waals surface area contributed by atoms with Crippen molar-refractivity contribution in [2.24, 2.45) is 5.92 Å². The lowest BCUT2D eigenvalue weighted by Crippen LogP contribution is -2.43.